The van der Waals surface area contributed by atoms with E-state index in [1.54, 1.807) is 0 Å². The van der Waals surface area contributed by atoms with Crippen molar-refractivity contribution >= 4 is 17.9 Å². The van der Waals surface area contributed by atoms with E-state index in [2.05, 4.69) is 27.7 Å². The molecule has 314 valence electrons. The Morgan fingerprint density at radius 1 is 0.358 bits per heavy atom. The second-order valence-corrected chi connectivity index (χ2v) is 16.5. The van der Waals surface area contributed by atoms with Gasteiger partial charge in [0.15, 0.2) is 6.10 Å². The van der Waals surface area contributed by atoms with Crippen LogP contribution in [-0.4, -0.2) is 37.2 Å². The van der Waals surface area contributed by atoms with Gasteiger partial charge in [-0.3, -0.25) is 14.4 Å². The molecule has 0 unspecified atom stereocenters. The van der Waals surface area contributed by atoms with Gasteiger partial charge in [-0.05, 0) is 25.2 Å². The summed E-state index contributed by atoms with van der Waals surface area (Å²) in [7, 11) is 0. The summed E-state index contributed by atoms with van der Waals surface area (Å²) in [5, 5.41) is 0. The van der Waals surface area contributed by atoms with E-state index in [0.29, 0.717) is 19.3 Å². The Kier molecular flexibility index (Phi) is 40.3. The van der Waals surface area contributed by atoms with Crippen LogP contribution in [0.4, 0.5) is 0 Å². The molecule has 0 amide bonds. The number of carbonyl (C=O) groups is 3. The molecule has 0 bridgehead atoms. The monoisotopic (exact) mass is 751 g/mol. The Labute approximate surface area is 329 Å². The predicted octanol–water partition coefficient (Wildman–Crippen LogP) is 14.7. The minimum atomic E-state index is -0.758. The van der Waals surface area contributed by atoms with E-state index in [9.17, 15) is 14.4 Å². The average molecular weight is 751 g/mol. The van der Waals surface area contributed by atoms with Crippen LogP contribution in [0.5, 0.6) is 0 Å². The number of hydrogen-bond acceptors (Lipinski definition) is 6. The van der Waals surface area contributed by atoms with Crippen LogP contribution < -0.4 is 0 Å². The highest BCUT2D eigenvalue weighted by Crippen LogP contribution is 2.16. The SMILES string of the molecule is CCCCCCCCCCCCC(=O)OC[C@@H](COC(=O)CCCCCCCCCCCCCCC(C)C)OC(=O)CCCCCCCCCCCC. The molecule has 0 aromatic carbocycles. The van der Waals surface area contributed by atoms with Crippen molar-refractivity contribution in [3.63, 3.8) is 0 Å². The first-order chi connectivity index (χ1) is 25.9. The van der Waals surface area contributed by atoms with Crippen LogP contribution in [0.3, 0.4) is 0 Å². The van der Waals surface area contributed by atoms with Crippen molar-refractivity contribution in [2.45, 2.75) is 265 Å². The molecule has 0 saturated carbocycles. The molecule has 0 aliphatic rings. The zero-order valence-corrected chi connectivity index (χ0v) is 36.0. The third-order valence-corrected chi connectivity index (χ3v) is 10.5. The quantitative estimate of drug-likeness (QED) is 0.0351. The lowest BCUT2D eigenvalue weighted by Crippen LogP contribution is -2.30. The molecule has 0 spiro atoms. The van der Waals surface area contributed by atoms with Crippen molar-refractivity contribution < 1.29 is 28.6 Å². The molecule has 0 fully saturated rings. The van der Waals surface area contributed by atoms with E-state index < -0.39 is 6.10 Å². The van der Waals surface area contributed by atoms with Gasteiger partial charge >= 0.3 is 17.9 Å². The minimum Gasteiger partial charge on any atom is -0.462 e. The maximum Gasteiger partial charge on any atom is 0.306 e. The van der Waals surface area contributed by atoms with E-state index in [1.165, 1.54) is 154 Å². The standard InChI is InChI=1S/C47H90O6/c1-5-7-9-11-13-15-22-26-30-34-38-45(48)51-41-44(53-47(50)40-36-32-28-23-16-14-12-10-8-6-2)42-52-46(49)39-35-31-27-24-20-18-17-19-21-25-29-33-37-43(3)4/h43-44H,5-42H2,1-4H3/t44-/m0/s1. The van der Waals surface area contributed by atoms with Crippen molar-refractivity contribution in [3.8, 4) is 0 Å². The molecule has 0 aromatic rings. The highest BCUT2D eigenvalue weighted by Gasteiger charge is 2.19. The lowest BCUT2D eigenvalue weighted by Gasteiger charge is -2.18. The van der Waals surface area contributed by atoms with E-state index >= 15 is 0 Å². The van der Waals surface area contributed by atoms with E-state index in [4.69, 9.17) is 14.2 Å². The van der Waals surface area contributed by atoms with Gasteiger partial charge in [0.25, 0.3) is 0 Å². The van der Waals surface area contributed by atoms with Crippen molar-refractivity contribution in [3.05, 3.63) is 0 Å². The molecule has 6 nitrogen and oxygen atoms in total. The fourth-order valence-corrected chi connectivity index (χ4v) is 6.98. The highest BCUT2D eigenvalue weighted by atomic mass is 16.6. The topological polar surface area (TPSA) is 78.9 Å². The highest BCUT2D eigenvalue weighted by molar-refractivity contribution is 5.71. The van der Waals surface area contributed by atoms with Gasteiger partial charge in [0, 0.05) is 19.3 Å². The molecule has 0 rings (SSSR count). The molecule has 6 heteroatoms. The molecule has 0 saturated heterocycles. The van der Waals surface area contributed by atoms with Gasteiger partial charge < -0.3 is 14.2 Å². The van der Waals surface area contributed by atoms with Gasteiger partial charge in [-0.15, -0.1) is 0 Å². The maximum absolute atomic E-state index is 12.7. The maximum atomic E-state index is 12.7. The van der Waals surface area contributed by atoms with E-state index in [1.807, 2.05) is 0 Å². The molecular weight excluding hydrogens is 661 g/mol. The lowest BCUT2D eigenvalue weighted by atomic mass is 10.0. The Balaban J connectivity index is 4.28. The predicted molar refractivity (Wildman–Crippen MR) is 224 cm³/mol. The number of esters is 3. The minimum absolute atomic E-state index is 0.0636. The van der Waals surface area contributed by atoms with Crippen LogP contribution in [-0.2, 0) is 28.6 Å². The van der Waals surface area contributed by atoms with Crippen molar-refractivity contribution in [2.75, 3.05) is 13.2 Å². The third kappa shape index (κ3) is 41.4. The summed E-state index contributed by atoms with van der Waals surface area (Å²) < 4.78 is 16.7. The van der Waals surface area contributed by atoms with Crippen LogP contribution in [0.1, 0.15) is 259 Å². The van der Waals surface area contributed by atoms with Crippen LogP contribution in [0, 0.1) is 5.92 Å². The molecule has 0 aliphatic carbocycles. The van der Waals surface area contributed by atoms with Crippen molar-refractivity contribution in [1.82, 2.24) is 0 Å². The van der Waals surface area contributed by atoms with Gasteiger partial charge in [0.05, 0.1) is 0 Å². The second kappa shape index (κ2) is 41.6. The smallest absolute Gasteiger partial charge is 0.306 e. The Hall–Kier alpha value is -1.59. The Bertz CT molecular complexity index is 796. The molecule has 1 atom stereocenters. The Morgan fingerprint density at radius 2 is 0.623 bits per heavy atom. The van der Waals surface area contributed by atoms with Gasteiger partial charge in [-0.2, -0.15) is 0 Å². The molecule has 0 aliphatic heterocycles. The van der Waals surface area contributed by atoms with Crippen LogP contribution in [0.25, 0.3) is 0 Å². The van der Waals surface area contributed by atoms with Gasteiger partial charge in [0.2, 0.25) is 0 Å². The van der Waals surface area contributed by atoms with Gasteiger partial charge in [0.1, 0.15) is 13.2 Å². The first kappa shape index (κ1) is 51.4. The molecular formula is C47H90O6. The van der Waals surface area contributed by atoms with E-state index in [0.717, 1.165) is 63.7 Å². The summed E-state index contributed by atoms with van der Waals surface area (Å²) in [6, 6.07) is 0. The second-order valence-electron chi connectivity index (χ2n) is 16.5. The van der Waals surface area contributed by atoms with Crippen LogP contribution >= 0.6 is 0 Å². The molecule has 0 N–H and O–H groups in total. The van der Waals surface area contributed by atoms with Crippen molar-refractivity contribution in [2.24, 2.45) is 5.92 Å². The zero-order chi connectivity index (χ0) is 38.9. The summed E-state index contributed by atoms with van der Waals surface area (Å²) in [5.74, 6) is -0.0206. The van der Waals surface area contributed by atoms with E-state index in [-0.39, 0.29) is 31.1 Å². The third-order valence-electron chi connectivity index (χ3n) is 10.5. The Morgan fingerprint density at radius 3 is 0.925 bits per heavy atom. The normalized spacial score (nSPS) is 11.9. The zero-order valence-electron chi connectivity index (χ0n) is 36.0. The number of rotatable bonds is 42. The number of carbonyl (C=O) groups excluding carboxylic acids is 3. The van der Waals surface area contributed by atoms with Crippen LogP contribution in [0.15, 0.2) is 0 Å². The lowest BCUT2D eigenvalue weighted by molar-refractivity contribution is -0.167. The van der Waals surface area contributed by atoms with Gasteiger partial charge in [-0.1, -0.05) is 220 Å². The number of ether oxygens (including phenoxy) is 3. The molecule has 53 heavy (non-hydrogen) atoms. The average Bonchev–Trinajstić information content (AvgIpc) is 3.14. The largest absolute Gasteiger partial charge is 0.462 e. The number of hydrogen-bond donors (Lipinski definition) is 0. The fraction of sp³-hybridized carbons (Fsp3) is 0.936. The number of unbranched alkanes of at least 4 members (excludes halogenated alkanes) is 29. The summed E-state index contributed by atoms with van der Waals surface area (Å²) in [5.41, 5.74) is 0. The first-order valence-corrected chi connectivity index (χ1v) is 23.4. The summed E-state index contributed by atoms with van der Waals surface area (Å²) in [6.45, 7) is 8.98. The van der Waals surface area contributed by atoms with Gasteiger partial charge in [-0.25, -0.2) is 0 Å². The first-order valence-electron chi connectivity index (χ1n) is 23.4. The fourth-order valence-electron chi connectivity index (χ4n) is 6.98. The molecule has 0 radical (unpaired) electrons. The van der Waals surface area contributed by atoms with Crippen molar-refractivity contribution in [1.29, 1.82) is 0 Å². The summed E-state index contributed by atoms with van der Waals surface area (Å²) in [6.07, 6.45) is 40.8. The summed E-state index contributed by atoms with van der Waals surface area (Å²) >= 11 is 0. The van der Waals surface area contributed by atoms with Crippen LogP contribution in [0.2, 0.25) is 0 Å². The molecule has 0 heterocycles. The molecule has 0 aromatic heterocycles. The summed E-state index contributed by atoms with van der Waals surface area (Å²) in [4.78, 5) is 37.7.